The Morgan fingerprint density at radius 1 is 1.40 bits per heavy atom. The van der Waals surface area contributed by atoms with E-state index in [1.165, 1.54) is 12.1 Å². The summed E-state index contributed by atoms with van der Waals surface area (Å²) in [4.78, 5) is 13.5. The summed E-state index contributed by atoms with van der Waals surface area (Å²) in [5.74, 6) is -0.346. The summed E-state index contributed by atoms with van der Waals surface area (Å²) in [6.07, 6.45) is 1.87. The lowest BCUT2D eigenvalue weighted by atomic mass is 10.2. The largest absolute Gasteiger partial charge is 0.395 e. The minimum absolute atomic E-state index is 0.0668. The van der Waals surface area contributed by atoms with Gasteiger partial charge in [-0.1, -0.05) is 29.3 Å². The smallest absolute Gasteiger partial charge is 0.317 e. The maximum atomic E-state index is 13.2. The van der Waals surface area contributed by atoms with Gasteiger partial charge in [0.05, 0.1) is 6.61 Å². The molecule has 0 aliphatic carbocycles. The number of carbonyl (C=O) groups excluding carboxylic acids is 1. The van der Waals surface area contributed by atoms with Crippen LogP contribution in [0.15, 0.2) is 22.7 Å². The summed E-state index contributed by atoms with van der Waals surface area (Å²) in [5.41, 5.74) is 0.685. The number of hydrogen-bond acceptors (Lipinski definition) is 2. The molecule has 6 heteroatoms. The third-order valence-corrected chi connectivity index (χ3v) is 3.26. The van der Waals surface area contributed by atoms with Crippen molar-refractivity contribution in [2.75, 3.05) is 19.7 Å². The number of rotatable bonds is 7. The molecule has 0 spiro atoms. The van der Waals surface area contributed by atoms with Gasteiger partial charge in [0.2, 0.25) is 0 Å². The van der Waals surface area contributed by atoms with Crippen LogP contribution in [-0.2, 0) is 6.54 Å². The van der Waals surface area contributed by atoms with E-state index in [2.05, 4.69) is 21.2 Å². The van der Waals surface area contributed by atoms with Crippen LogP contribution in [0.4, 0.5) is 9.18 Å². The molecule has 2 N–H and O–H groups in total. The fraction of sp³-hybridized carbons (Fsp3) is 0.500. The number of unbranched alkanes of at least 4 members (excludes halogenated alkanes) is 1. The molecule has 0 saturated carbocycles. The van der Waals surface area contributed by atoms with Gasteiger partial charge in [0.15, 0.2) is 0 Å². The van der Waals surface area contributed by atoms with Crippen LogP contribution in [0.25, 0.3) is 0 Å². The van der Waals surface area contributed by atoms with Crippen molar-refractivity contribution in [3.63, 3.8) is 0 Å². The molecule has 0 aliphatic rings. The molecule has 0 aromatic heterocycles. The fourth-order valence-corrected chi connectivity index (χ4v) is 2.30. The van der Waals surface area contributed by atoms with Crippen LogP contribution in [0.1, 0.15) is 25.3 Å². The molecule has 1 aromatic rings. The lowest BCUT2D eigenvalue weighted by molar-refractivity contribution is 0.176. The highest BCUT2D eigenvalue weighted by atomic mass is 79.9. The highest BCUT2D eigenvalue weighted by Crippen LogP contribution is 2.14. The highest BCUT2D eigenvalue weighted by molar-refractivity contribution is 9.10. The number of nitrogens with zero attached hydrogens (tertiary/aromatic N) is 1. The summed E-state index contributed by atoms with van der Waals surface area (Å²) in [6, 6.07) is 4.26. The van der Waals surface area contributed by atoms with Crippen LogP contribution in [0.3, 0.4) is 0 Å². The van der Waals surface area contributed by atoms with Gasteiger partial charge >= 0.3 is 6.03 Å². The van der Waals surface area contributed by atoms with E-state index in [4.69, 9.17) is 5.11 Å². The molecule has 20 heavy (non-hydrogen) atoms. The summed E-state index contributed by atoms with van der Waals surface area (Å²) < 4.78 is 13.9. The number of amides is 2. The van der Waals surface area contributed by atoms with E-state index in [1.807, 2.05) is 6.92 Å². The predicted molar refractivity (Wildman–Crippen MR) is 79.9 cm³/mol. The van der Waals surface area contributed by atoms with Crippen molar-refractivity contribution in [1.29, 1.82) is 0 Å². The monoisotopic (exact) mass is 346 g/mol. The van der Waals surface area contributed by atoms with Crippen molar-refractivity contribution >= 4 is 22.0 Å². The molecule has 1 aromatic carbocycles. The molecule has 0 heterocycles. The number of carbonyl (C=O) groups is 1. The lowest BCUT2D eigenvalue weighted by Crippen LogP contribution is -2.41. The van der Waals surface area contributed by atoms with Crippen LogP contribution < -0.4 is 5.32 Å². The van der Waals surface area contributed by atoms with Crippen molar-refractivity contribution in [2.45, 2.75) is 26.3 Å². The van der Waals surface area contributed by atoms with E-state index in [-0.39, 0.29) is 25.0 Å². The molecule has 0 atom stereocenters. The third-order valence-electron chi connectivity index (χ3n) is 2.80. The Kier molecular flexibility index (Phi) is 7.54. The molecule has 0 fully saturated rings. The number of halogens is 2. The second-order valence-electron chi connectivity index (χ2n) is 4.50. The zero-order valence-corrected chi connectivity index (χ0v) is 13.1. The van der Waals surface area contributed by atoms with Crippen LogP contribution in [-0.4, -0.2) is 35.7 Å². The summed E-state index contributed by atoms with van der Waals surface area (Å²) in [7, 11) is 0. The molecule has 2 amide bonds. The second kappa shape index (κ2) is 8.92. The van der Waals surface area contributed by atoms with Crippen LogP contribution in [0, 0.1) is 5.82 Å². The maximum Gasteiger partial charge on any atom is 0.317 e. The van der Waals surface area contributed by atoms with E-state index in [0.29, 0.717) is 23.1 Å². The normalized spacial score (nSPS) is 10.4. The maximum absolute atomic E-state index is 13.2. The topological polar surface area (TPSA) is 52.6 Å². The molecular weight excluding hydrogens is 327 g/mol. The van der Waals surface area contributed by atoms with Crippen molar-refractivity contribution in [3.8, 4) is 0 Å². The minimum atomic E-state index is -0.346. The van der Waals surface area contributed by atoms with Gasteiger partial charge in [-0.25, -0.2) is 9.18 Å². The van der Waals surface area contributed by atoms with Crippen molar-refractivity contribution in [2.24, 2.45) is 0 Å². The summed E-state index contributed by atoms with van der Waals surface area (Å²) >= 11 is 3.21. The number of aliphatic hydroxyl groups is 1. The first-order chi connectivity index (χ1) is 9.56. The van der Waals surface area contributed by atoms with E-state index >= 15 is 0 Å². The van der Waals surface area contributed by atoms with E-state index < -0.39 is 0 Å². The minimum Gasteiger partial charge on any atom is -0.395 e. The second-order valence-corrected chi connectivity index (χ2v) is 5.42. The molecule has 0 aliphatic heterocycles. The third kappa shape index (κ3) is 5.88. The van der Waals surface area contributed by atoms with Gasteiger partial charge in [-0.2, -0.15) is 0 Å². The quantitative estimate of drug-likeness (QED) is 0.797. The molecule has 1 rings (SSSR count). The zero-order valence-electron chi connectivity index (χ0n) is 11.5. The Labute approximate surface area is 127 Å². The highest BCUT2D eigenvalue weighted by Gasteiger charge is 2.12. The number of hydrogen-bond donors (Lipinski definition) is 2. The lowest BCUT2D eigenvalue weighted by Gasteiger charge is -2.22. The average Bonchev–Trinajstić information content (AvgIpc) is 2.39. The zero-order chi connectivity index (χ0) is 15.0. The van der Waals surface area contributed by atoms with Gasteiger partial charge in [0.25, 0.3) is 0 Å². The SMILES string of the molecule is CCCCN(CCO)C(=O)NCc1cc(F)cc(Br)c1. The van der Waals surface area contributed by atoms with Crippen LogP contribution >= 0.6 is 15.9 Å². The standard InChI is InChI=1S/C14H20BrFN2O2/c1-2-3-4-18(5-6-19)14(20)17-10-11-7-12(15)9-13(16)8-11/h7-9,19H,2-6,10H2,1H3,(H,17,20). The molecule has 4 nitrogen and oxygen atoms in total. The van der Waals surface area contributed by atoms with E-state index in [1.54, 1.807) is 11.0 Å². The van der Waals surface area contributed by atoms with Gasteiger partial charge in [-0.15, -0.1) is 0 Å². The van der Waals surface area contributed by atoms with Gasteiger partial charge in [-0.3, -0.25) is 0 Å². The van der Waals surface area contributed by atoms with E-state index in [9.17, 15) is 9.18 Å². The number of benzene rings is 1. The molecule has 0 saturated heterocycles. The number of nitrogens with one attached hydrogen (secondary N) is 1. The summed E-state index contributed by atoms with van der Waals surface area (Å²) in [5, 5.41) is 11.7. The fourth-order valence-electron chi connectivity index (χ4n) is 1.79. The Hall–Kier alpha value is -1.14. The molecule has 112 valence electrons. The molecular formula is C14H20BrFN2O2. The first-order valence-corrected chi connectivity index (χ1v) is 7.44. The van der Waals surface area contributed by atoms with Gasteiger partial charge < -0.3 is 15.3 Å². The first kappa shape index (κ1) is 16.9. The molecule has 0 unspecified atom stereocenters. The Bertz CT molecular complexity index is 423. The predicted octanol–water partition coefficient (Wildman–Crippen LogP) is 2.89. The first-order valence-electron chi connectivity index (χ1n) is 6.65. The molecule has 0 bridgehead atoms. The van der Waals surface area contributed by atoms with E-state index in [0.717, 1.165) is 12.8 Å². The Balaban J connectivity index is 2.54. The van der Waals surface area contributed by atoms with Crippen LogP contribution in [0.2, 0.25) is 0 Å². The van der Waals surface area contributed by atoms with Crippen molar-refractivity contribution in [1.82, 2.24) is 10.2 Å². The van der Waals surface area contributed by atoms with Gasteiger partial charge in [-0.05, 0) is 30.2 Å². The summed E-state index contributed by atoms with van der Waals surface area (Å²) in [6.45, 7) is 3.14. The Morgan fingerprint density at radius 2 is 2.15 bits per heavy atom. The van der Waals surface area contributed by atoms with Crippen molar-refractivity contribution in [3.05, 3.63) is 34.1 Å². The van der Waals surface area contributed by atoms with Crippen LogP contribution in [0.5, 0.6) is 0 Å². The number of aliphatic hydroxyl groups excluding tert-OH is 1. The van der Waals surface area contributed by atoms with Gasteiger partial charge in [0, 0.05) is 24.1 Å². The average molecular weight is 347 g/mol. The number of urea groups is 1. The molecule has 0 radical (unpaired) electrons. The Morgan fingerprint density at radius 3 is 2.75 bits per heavy atom. The van der Waals surface area contributed by atoms with Crippen molar-refractivity contribution < 1.29 is 14.3 Å². The van der Waals surface area contributed by atoms with Gasteiger partial charge in [0.1, 0.15) is 5.82 Å².